The van der Waals surface area contributed by atoms with Crippen molar-refractivity contribution in [3.05, 3.63) is 22.8 Å². The standard InChI is InChI=1S/C14H20ClN3O2/c1-3-16-12-5-4-11(15)13(17-12)14(19)18-8-6-10(20-2)7-9-18/h4-5,10H,3,6-9H2,1-2H3,(H,16,17). The van der Waals surface area contributed by atoms with Crippen molar-refractivity contribution in [3.63, 3.8) is 0 Å². The summed E-state index contributed by atoms with van der Waals surface area (Å²) in [6.07, 6.45) is 1.95. The fourth-order valence-corrected chi connectivity index (χ4v) is 2.50. The minimum atomic E-state index is -0.107. The summed E-state index contributed by atoms with van der Waals surface area (Å²) in [4.78, 5) is 18.6. The Labute approximate surface area is 124 Å². The molecule has 1 aliphatic heterocycles. The first-order valence-electron chi connectivity index (χ1n) is 6.88. The summed E-state index contributed by atoms with van der Waals surface area (Å²) in [5.74, 6) is 0.566. The van der Waals surface area contributed by atoms with E-state index in [0.717, 1.165) is 19.4 Å². The Morgan fingerprint density at radius 1 is 1.50 bits per heavy atom. The molecular formula is C14H20ClN3O2. The zero-order chi connectivity index (χ0) is 14.5. The number of likely N-dealkylation sites (tertiary alicyclic amines) is 1. The molecule has 1 amide bonds. The maximum Gasteiger partial charge on any atom is 0.274 e. The molecule has 1 aromatic heterocycles. The van der Waals surface area contributed by atoms with E-state index in [0.29, 0.717) is 29.6 Å². The zero-order valence-electron chi connectivity index (χ0n) is 11.9. The Morgan fingerprint density at radius 2 is 2.20 bits per heavy atom. The van der Waals surface area contributed by atoms with Gasteiger partial charge in [0.05, 0.1) is 11.1 Å². The van der Waals surface area contributed by atoms with Gasteiger partial charge < -0.3 is 15.0 Å². The number of carbonyl (C=O) groups is 1. The van der Waals surface area contributed by atoms with Crippen molar-refractivity contribution in [2.24, 2.45) is 0 Å². The predicted molar refractivity (Wildman–Crippen MR) is 79.3 cm³/mol. The lowest BCUT2D eigenvalue weighted by Crippen LogP contribution is -2.41. The number of aromatic nitrogens is 1. The molecule has 20 heavy (non-hydrogen) atoms. The lowest BCUT2D eigenvalue weighted by atomic mass is 10.1. The number of piperidine rings is 1. The van der Waals surface area contributed by atoms with E-state index in [1.165, 1.54) is 0 Å². The van der Waals surface area contributed by atoms with Gasteiger partial charge >= 0.3 is 0 Å². The second kappa shape index (κ2) is 6.90. The van der Waals surface area contributed by atoms with E-state index in [1.54, 1.807) is 24.1 Å². The second-order valence-corrected chi connectivity index (χ2v) is 5.19. The maximum atomic E-state index is 12.5. The van der Waals surface area contributed by atoms with Crippen LogP contribution >= 0.6 is 11.6 Å². The highest BCUT2D eigenvalue weighted by Crippen LogP contribution is 2.21. The molecule has 0 spiro atoms. The van der Waals surface area contributed by atoms with Crippen LogP contribution in [-0.2, 0) is 4.74 Å². The molecule has 1 aromatic rings. The molecule has 0 unspecified atom stereocenters. The Bertz CT molecular complexity index is 473. The van der Waals surface area contributed by atoms with Crippen LogP contribution in [0.1, 0.15) is 30.3 Å². The molecule has 1 saturated heterocycles. The smallest absolute Gasteiger partial charge is 0.274 e. The zero-order valence-corrected chi connectivity index (χ0v) is 12.6. The molecule has 0 aliphatic carbocycles. The van der Waals surface area contributed by atoms with Gasteiger partial charge in [-0.1, -0.05) is 11.6 Å². The largest absolute Gasteiger partial charge is 0.381 e. The number of rotatable bonds is 4. The predicted octanol–water partition coefficient (Wildman–Crippen LogP) is 2.42. The summed E-state index contributed by atoms with van der Waals surface area (Å²) in [5.41, 5.74) is 0.320. The van der Waals surface area contributed by atoms with Crippen molar-refractivity contribution >= 4 is 23.3 Å². The van der Waals surface area contributed by atoms with Crippen molar-refractivity contribution in [2.45, 2.75) is 25.9 Å². The number of methoxy groups -OCH3 is 1. The molecule has 0 radical (unpaired) electrons. The minimum absolute atomic E-state index is 0.107. The minimum Gasteiger partial charge on any atom is -0.381 e. The number of pyridine rings is 1. The molecule has 2 heterocycles. The number of halogens is 1. The normalized spacial score (nSPS) is 16.2. The van der Waals surface area contributed by atoms with Crippen molar-refractivity contribution in [1.29, 1.82) is 0 Å². The van der Waals surface area contributed by atoms with Gasteiger partial charge in [-0.25, -0.2) is 4.98 Å². The van der Waals surface area contributed by atoms with E-state index in [1.807, 2.05) is 6.92 Å². The molecule has 0 atom stereocenters. The molecule has 1 aliphatic rings. The van der Waals surface area contributed by atoms with E-state index in [-0.39, 0.29) is 12.0 Å². The third kappa shape index (κ3) is 3.41. The quantitative estimate of drug-likeness (QED) is 0.927. The monoisotopic (exact) mass is 297 g/mol. The van der Waals surface area contributed by atoms with E-state index < -0.39 is 0 Å². The fraction of sp³-hybridized carbons (Fsp3) is 0.571. The van der Waals surface area contributed by atoms with Gasteiger partial charge in [0.25, 0.3) is 5.91 Å². The first-order chi connectivity index (χ1) is 9.65. The van der Waals surface area contributed by atoms with Crippen molar-refractivity contribution < 1.29 is 9.53 Å². The summed E-state index contributed by atoms with van der Waals surface area (Å²) in [6.45, 7) is 4.09. The van der Waals surface area contributed by atoms with Crippen molar-refractivity contribution in [3.8, 4) is 0 Å². The van der Waals surface area contributed by atoms with Crippen LogP contribution in [0.4, 0.5) is 5.82 Å². The molecule has 110 valence electrons. The molecule has 2 rings (SSSR count). The van der Waals surface area contributed by atoms with Crippen LogP contribution in [0.5, 0.6) is 0 Å². The van der Waals surface area contributed by atoms with E-state index >= 15 is 0 Å². The second-order valence-electron chi connectivity index (χ2n) is 4.78. The number of ether oxygens (including phenoxy) is 1. The molecule has 6 heteroatoms. The van der Waals surface area contributed by atoms with Gasteiger partial charge in [-0.3, -0.25) is 4.79 Å². The summed E-state index contributed by atoms with van der Waals surface area (Å²) in [5, 5.41) is 3.48. The van der Waals surface area contributed by atoms with Gasteiger partial charge in [0.15, 0.2) is 0 Å². The summed E-state index contributed by atoms with van der Waals surface area (Å²) in [6, 6.07) is 3.49. The third-order valence-electron chi connectivity index (χ3n) is 3.47. The molecular weight excluding hydrogens is 278 g/mol. The van der Waals surface area contributed by atoms with Gasteiger partial charge in [-0.15, -0.1) is 0 Å². The summed E-state index contributed by atoms with van der Waals surface area (Å²) < 4.78 is 5.31. The number of carbonyl (C=O) groups excluding carboxylic acids is 1. The van der Waals surface area contributed by atoms with Gasteiger partial charge in [0.1, 0.15) is 11.5 Å². The van der Waals surface area contributed by atoms with Crippen LogP contribution in [0.15, 0.2) is 12.1 Å². The summed E-state index contributed by atoms with van der Waals surface area (Å²) in [7, 11) is 1.71. The highest BCUT2D eigenvalue weighted by molar-refractivity contribution is 6.33. The van der Waals surface area contributed by atoms with Gasteiger partial charge in [-0.2, -0.15) is 0 Å². The molecule has 5 nitrogen and oxygen atoms in total. The van der Waals surface area contributed by atoms with Crippen LogP contribution in [0, 0.1) is 0 Å². The van der Waals surface area contributed by atoms with E-state index in [9.17, 15) is 4.79 Å². The molecule has 0 saturated carbocycles. The first kappa shape index (κ1) is 15.1. The average Bonchev–Trinajstić information content (AvgIpc) is 2.49. The van der Waals surface area contributed by atoms with Crippen LogP contribution in [-0.4, -0.2) is 48.6 Å². The van der Waals surface area contributed by atoms with Gasteiger partial charge in [-0.05, 0) is 31.9 Å². The highest BCUT2D eigenvalue weighted by Gasteiger charge is 2.25. The number of hydrogen-bond donors (Lipinski definition) is 1. The van der Waals surface area contributed by atoms with E-state index in [2.05, 4.69) is 10.3 Å². The molecule has 1 fully saturated rings. The lowest BCUT2D eigenvalue weighted by molar-refractivity contribution is 0.0348. The van der Waals surface area contributed by atoms with Crippen LogP contribution in [0.3, 0.4) is 0 Å². The lowest BCUT2D eigenvalue weighted by Gasteiger charge is -2.31. The number of nitrogens with one attached hydrogen (secondary N) is 1. The van der Waals surface area contributed by atoms with Crippen molar-refractivity contribution in [2.75, 3.05) is 32.1 Å². The van der Waals surface area contributed by atoms with Crippen LogP contribution in [0.25, 0.3) is 0 Å². The highest BCUT2D eigenvalue weighted by atomic mass is 35.5. The topological polar surface area (TPSA) is 54.5 Å². The number of nitrogens with zero attached hydrogens (tertiary/aromatic N) is 2. The maximum absolute atomic E-state index is 12.5. The first-order valence-corrected chi connectivity index (χ1v) is 7.26. The van der Waals surface area contributed by atoms with Gasteiger partial charge in [0.2, 0.25) is 0 Å². The Hall–Kier alpha value is -1.33. The molecule has 1 N–H and O–H groups in total. The number of anilines is 1. The number of hydrogen-bond acceptors (Lipinski definition) is 4. The number of amides is 1. The third-order valence-corrected chi connectivity index (χ3v) is 3.77. The average molecular weight is 298 g/mol. The van der Waals surface area contributed by atoms with Crippen LogP contribution < -0.4 is 5.32 Å². The fourth-order valence-electron chi connectivity index (χ4n) is 2.32. The van der Waals surface area contributed by atoms with E-state index in [4.69, 9.17) is 16.3 Å². The Morgan fingerprint density at radius 3 is 2.80 bits per heavy atom. The molecule has 0 bridgehead atoms. The SMILES string of the molecule is CCNc1ccc(Cl)c(C(=O)N2CCC(OC)CC2)n1. The van der Waals surface area contributed by atoms with Crippen LogP contribution in [0.2, 0.25) is 5.02 Å². The summed E-state index contributed by atoms with van der Waals surface area (Å²) >= 11 is 6.10. The Kier molecular flexibility index (Phi) is 5.20. The Balaban J connectivity index is 2.10. The molecule has 0 aromatic carbocycles. The van der Waals surface area contributed by atoms with Gasteiger partial charge in [0, 0.05) is 26.7 Å². The van der Waals surface area contributed by atoms with Crippen molar-refractivity contribution in [1.82, 2.24) is 9.88 Å².